The quantitative estimate of drug-likeness (QED) is 0.701. The molecular weight excluding hydrogens is 318 g/mol. The molecule has 23 heavy (non-hydrogen) atoms. The van der Waals surface area contributed by atoms with Gasteiger partial charge in [0.1, 0.15) is 5.75 Å². The van der Waals surface area contributed by atoms with Crippen molar-refractivity contribution in [2.45, 2.75) is 25.7 Å². The van der Waals surface area contributed by atoms with Gasteiger partial charge in [-0.2, -0.15) is 0 Å². The molecule has 2 amide bonds. The molecule has 0 saturated carbocycles. The Labute approximate surface area is 142 Å². The topological polar surface area (TPSA) is 84.7 Å². The maximum absolute atomic E-state index is 11.7. The number of unbranched alkanes of at least 4 members (excludes halogenated alkanes) is 1. The van der Waals surface area contributed by atoms with Gasteiger partial charge in [-0.1, -0.05) is 6.07 Å². The molecule has 128 valence electrons. The number of nitrogens with two attached hydrogens (primary N) is 1. The Kier molecular flexibility index (Phi) is 8.43. The number of hydrogen-bond donors (Lipinski definition) is 2. The van der Waals surface area contributed by atoms with Gasteiger partial charge in [0, 0.05) is 31.3 Å². The summed E-state index contributed by atoms with van der Waals surface area (Å²) in [4.78, 5) is 25.1. The lowest BCUT2D eigenvalue weighted by Crippen LogP contribution is -2.30. The van der Waals surface area contributed by atoms with E-state index in [2.05, 4.69) is 5.32 Å². The Morgan fingerprint density at radius 2 is 2.17 bits per heavy atom. The van der Waals surface area contributed by atoms with Crippen molar-refractivity contribution in [3.63, 3.8) is 0 Å². The molecule has 3 N–H and O–H groups in total. The summed E-state index contributed by atoms with van der Waals surface area (Å²) >= 11 is 0. The summed E-state index contributed by atoms with van der Waals surface area (Å²) in [6, 6.07) is 7.29. The van der Waals surface area contributed by atoms with Crippen LogP contribution in [0.15, 0.2) is 24.3 Å². The third kappa shape index (κ3) is 6.08. The van der Waals surface area contributed by atoms with Crippen molar-refractivity contribution < 1.29 is 14.3 Å². The summed E-state index contributed by atoms with van der Waals surface area (Å²) in [7, 11) is 0. The molecule has 1 aromatic carbocycles. The zero-order chi connectivity index (χ0) is 15.8. The monoisotopic (exact) mass is 341 g/mol. The SMILES string of the molecule is Cl.NCCCCNC(=O)COc1cccc(N2CCCC2=O)c1. The van der Waals surface area contributed by atoms with Crippen LogP contribution in [0.2, 0.25) is 0 Å². The molecule has 1 aromatic rings. The van der Waals surface area contributed by atoms with E-state index in [0.717, 1.165) is 31.5 Å². The first-order valence-corrected chi connectivity index (χ1v) is 7.70. The fraction of sp³-hybridized carbons (Fsp3) is 0.500. The van der Waals surface area contributed by atoms with Gasteiger partial charge >= 0.3 is 0 Å². The molecule has 1 heterocycles. The lowest BCUT2D eigenvalue weighted by atomic mass is 10.3. The lowest BCUT2D eigenvalue weighted by molar-refractivity contribution is -0.123. The number of hydrogen-bond acceptors (Lipinski definition) is 4. The molecule has 7 heteroatoms. The van der Waals surface area contributed by atoms with E-state index in [4.69, 9.17) is 10.5 Å². The fourth-order valence-electron chi connectivity index (χ4n) is 2.36. The van der Waals surface area contributed by atoms with Crippen LogP contribution in [0.25, 0.3) is 0 Å². The van der Waals surface area contributed by atoms with E-state index in [-0.39, 0.29) is 30.8 Å². The van der Waals surface area contributed by atoms with Crippen LogP contribution < -0.4 is 20.7 Å². The van der Waals surface area contributed by atoms with Gasteiger partial charge in [0.05, 0.1) is 0 Å². The number of rotatable bonds is 8. The Hall–Kier alpha value is -1.79. The smallest absolute Gasteiger partial charge is 0.257 e. The minimum Gasteiger partial charge on any atom is -0.484 e. The van der Waals surface area contributed by atoms with Crippen LogP contribution >= 0.6 is 12.4 Å². The minimum atomic E-state index is -0.153. The Morgan fingerprint density at radius 3 is 2.87 bits per heavy atom. The molecule has 0 aromatic heterocycles. The zero-order valence-electron chi connectivity index (χ0n) is 13.1. The summed E-state index contributed by atoms with van der Waals surface area (Å²) < 4.78 is 5.49. The van der Waals surface area contributed by atoms with Crippen molar-refractivity contribution in [3.8, 4) is 5.75 Å². The third-order valence-electron chi connectivity index (χ3n) is 3.53. The van der Waals surface area contributed by atoms with Crippen LogP contribution in [0.5, 0.6) is 5.75 Å². The molecule has 1 aliphatic heterocycles. The average Bonchev–Trinajstić information content (AvgIpc) is 2.96. The highest BCUT2D eigenvalue weighted by molar-refractivity contribution is 5.95. The van der Waals surface area contributed by atoms with Crippen LogP contribution in [-0.4, -0.2) is 38.1 Å². The standard InChI is InChI=1S/C16H23N3O3.ClH/c17-8-1-2-9-18-15(20)12-22-14-6-3-5-13(11-14)19-10-4-7-16(19)21;/h3,5-6,11H,1-2,4,7-10,12,17H2,(H,18,20);1H. The van der Waals surface area contributed by atoms with E-state index in [1.165, 1.54) is 0 Å². The van der Waals surface area contributed by atoms with Crippen molar-refractivity contribution in [1.82, 2.24) is 5.32 Å². The second-order valence-electron chi connectivity index (χ2n) is 5.28. The minimum absolute atomic E-state index is 0. The number of carbonyl (C=O) groups excluding carboxylic acids is 2. The molecule has 1 fully saturated rings. The van der Waals surface area contributed by atoms with Crippen LogP contribution in [0.3, 0.4) is 0 Å². The predicted octanol–water partition coefficient (Wildman–Crippen LogP) is 1.47. The maximum Gasteiger partial charge on any atom is 0.257 e. The van der Waals surface area contributed by atoms with Crippen molar-refractivity contribution in [2.75, 3.05) is 31.1 Å². The summed E-state index contributed by atoms with van der Waals surface area (Å²) in [6.45, 7) is 1.96. The molecule has 2 rings (SSSR count). The molecule has 0 spiro atoms. The van der Waals surface area contributed by atoms with Crippen molar-refractivity contribution in [3.05, 3.63) is 24.3 Å². The van der Waals surface area contributed by atoms with E-state index >= 15 is 0 Å². The number of halogens is 1. The maximum atomic E-state index is 11.7. The fourth-order valence-corrected chi connectivity index (χ4v) is 2.36. The van der Waals surface area contributed by atoms with Gasteiger partial charge in [-0.25, -0.2) is 0 Å². The Morgan fingerprint density at radius 1 is 1.35 bits per heavy atom. The van der Waals surface area contributed by atoms with E-state index < -0.39 is 0 Å². The van der Waals surface area contributed by atoms with Gasteiger partial charge in [0.2, 0.25) is 5.91 Å². The molecule has 0 atom stereocenters. The molecule has 1 saturated heterocycles. The Bertz CT molecular complexity index is 525. The number of carbonyl (C=O) groups is 2. The number of nitrogens with one attached hydrogen (secondary N) is 1. The highest BCUT2D eigenvalue weighted by atomic mass is 35.5. The van der Waals surface area contributed by atoms with Gasteiger partial charge in [-0.05, 0) is 37.9 Å². The zero-order valence-corrected chi connectivity index (χ0v) is 13.9. The summed E-state index contributed by atoms with van der Waals surface area (Å²) in [5, 5.41) is 2.78. The highest BCUT2D eigenvalue weighted by Gasteiger charge is 2.21. The first kappa shape index (κ1) is 19.3. The van der Waals surface area contributed by atoms with Crippen LogP contribution in [-0.2, 0) is 9.59 Å². The molecule has 6 nitrogen and oxygen atoms in total. The van der Waals surface area contributed by atoms with Crippen molar-refractivity contribution in [2.24, 2.45) is 5.73 Å². The van der Waals surface area contributed by atoms with Crippen LogP contribution in [0.4, 0.5) is 5.69 Å². The van der Waals surface area contributed by atoms with Crippen molar-refractivity contribution in [1.29, 1.82) is 0 Å². The van der Waals surface area contributed by atoms with Crippen LogP contribution in [0, 0.1) is 0 Å². The van der Waals surface area contributed by atoms with Gasteiger partial charge in [-0.15, -0.1) is 12.4 Å². The largest absolute Gasteiger partial charge is 0.484 e. The number of ether oxygens (including phenoxy) is 1. The summed E-state index contributed by atoms with van der Waals surface area (Å²) in [5.41, 5.74) is 6.21. The number of anilines is 1. The molecule has 0 unspecified atom stereocenters. The lowest BCUT2D eigenvalue weighted by Gasteiger charge is -2.16. The second kappa shape index (κ2) is 10.1. The van der Waals surface area contributed by atoms with E-state index in [9.17, 15) is 9.59 Å². The second-order valence-corrected chi connectivity index (χ2v) is 5.28. The first-order chi connectivity index (χ1) is 10.7. The van der Waals surface area contributed by atoms with Crippen LogP contribution in [0.1, 0.15) is 25.7 Å². The van der Waals surface area contributed by atoms with E-state index in [0.29, 0.717) is 25.3 Å². The Balaban J connectivity index is 0.00000264. The summed E-state index contributed by atoms with van der Waals surface area (Å²) in [6.07, 6.45) is 3.24. The van der Waals surface area contributed by atoms with E-state index in [1.54, 1.807) is 17.0 Å². The predicted molar refractivity (Wildman–Crippen MR) is 92.1 cm³/mol. The molecule has 0 aliphatic carbocycles. The average molecular weight is 342 g/mol. The number of nitrogens with zero attached hydrogens (tertiary/aromatic N) is 1. The first-order valence-electron chi connectivity index (χ1n) is 7.70. The number of amides is 2. The van der Waals surface area contributed by atoms with Gasteiger partial charge < -0.3 is 20.7 Å². The molecule has 0 radical (unpaired) electrons. The van der Waals surface area contributed by atoms with Gasteiger partial charge in [-0.3, -0.25) is 9.59 Å². The number of benzene rings is 1. The molecule has 0 bridgehead atoms. The highest BCUT2D eigenvalue weighted by Crippen LogP contribution is 2.25. The molecular formula is C16H24ClN3O3. The third-order valence-corrected chi connectivity index (χ3v) is 3.53. The molecule has 1 aliphatic rings. The van der Waals surface area contributed by atoms with E-state index in [1.807, 2.05) is 12.1 Å². The summed E-state index contributed by atoms with van der Waals surface area (Å²) in [5.74, 6) is 0.573. The van der Waals surface area contributed by atoms with Gasteiger partial charge in [0.15, 0.2) is 6.61 Å². The van der Waals surface area contributed by atoms with Crippen molar-refractivity contribution >= 4 is 29.9 Å². The normalized spacial score (nSPS) is 13.6. The van der Waals surface area contributed by atoms with Gasteiger partial charge in [0.25, 0.3) is 5.91 Å².